The molecule has 0 aromatic heterocycles. The summed E-state index contributed by atoms with van der Waals surface area (Å²) in [6, 6.07) is 8.55. The van der Waals surface area contributed by atoms with Crippen molar-refractivity contribution in [1.82, 2.24) is 5.32 Å². The fourth-order valence-electron chi connectivity index (χ4n) is 2.52. The van der Waals surface area contributed by atoms with Gasteiger partial charge in [-0.15, -0.1) is 0 Å². The van der Waals surface area contributed by atoms with Gasteiger partial charge in [-0.1, -0.05) is 18.2 Å². The summed E-state index contributed by atoms with van der Waals surface area (Å²) in [4.78, 5) is 14.0. The number of para-hydroxylation sites is 1. The fourth-order valence-corrected chi connectivity index (χ4v) is 2.52. The molecule has 0 saturated carbocycles. The molecule has 0 bridgehead atoms. The molecule has 3 N–H and O–H groups in total. The van der Waals surface area contributed by atoms with Gasteiger partial charge in [-0.25, -0.2) is 0 Å². The molecule has 104 valence electrons. The van der Waals surface area contributed by atoms with Gasteiger partial charge in [0.25, 0.3) is 0 Å². The monoisotopic (exact) mass is 261 g/mol. The number of carbonyl (C=O) groups excluding carboxylic acids is 1. The first-order valence-corrected chi connectivity index (χ1v) is 6.96. The van der Waals surface area contributed by atoms with E-state index in [4.69, 9.17) is 5.73 Å². The van der Waals surface area contributed by atoms with E-state index >= 15 is 0 Å². The van der Waals surface area contributed by atoms with E-state index < -0.39 is 0 Å². The summed E-state index contributed by atoms with van der Waals surface area (Å²) in [7, 11) is 0. The smallest absolute Gasteiger partial charge is 0.221 e. The Hall–Kier alpha value is -1.55. The number of nitrogens with two attached hydrogens (primary N) is 1. The predicted molar refractivity (Wildman–Crippen MR) is 78.1 cm³/mol. The molecule has 19 heavy (non-hydrogen) atoms. The minimum Gasteiger partial charge on any atom is -0.371 e. The third-order valence-electron chi connectivity index (χ3n) is 3.45. The maximum absolute atomic E-state index is 11.7. The van der Waals surface area contributed by atoms with Crippen LogP contribution in [0.1, 0.15) is 38.3 Å². The van der Waals surface area contributed by atoms with Crippen molar-refractivity contribution >= 4 is 11.6 Å². The van der Waals surface area contributed by atoms with Crippen molar-refractivity contribution in [3.05, 3.63) is 29.8 Å². The van der Waals surface area contributed by atoms with Crippen molar-refractivity contribution in [2.24, 2.45) is 5.73 Å². The van der Waals surface area contributed by atoms with Crippen LogP contribution in [0.2, 0.25) is 0 Å². The number of rotatable bonds is 4. The second-order valence-corrected chi connectivity index (χ2v) is 5.41. The number of anilines is 1. The molecule has 0 fully saturated rings. The van der Waals surface area contributed by atoms with Crippen LogP contribution in [0.25, 0.3) is 0 Å². The first kappa shape index (κ1) is 13.9. The van der Waals surface area contributed by atoms with E-state index in [1.165, 1.54) is 11.3 Å². The molecule has 0 radical (unpaired) electrons. The van der Waals surface area contributed by atoms with Crippen LogP contribution in [0.5, 0.6) is 0 Å². The Bertz CT molecular complexity index is 445. The van der Waals surface area contributed by atoms with Crippen molar-refractivity contribution in [1.29, 1.82) is 0 Å². The summed E-state index contributed by atoms with van der Waals surface area (Å²) in [5.41, 5.74) is 8.50. The van der Waals surface area contributed by atoms with E-state index in [0.717, 1.165) is 19.5 Å². The summed E-state index contributed by atoms with van der Waals surface area (Å²) < 4.78 is 0. The molecular formula is C15H23N3O. The average Bonchev–Trinajstić information content (AvgIpc) is 2.37. The van der Waals surface area contributed by atoms with Crippen molar-refractivity contribution in [2.45, 2.75) is 38.8 Å². The Morgan fingerprint density at radius 3 is 2.95 bits per heavy atom. The molecule has 1 aliphatic rings. The number of hydrogen-bond acceptors (Lipinski definition) is 3. The van der Waals surface area contributed by atoms with E-state index in [9.17, 15) is 4.79 Å². The van der Waals surface area contributed by atoms with Crippen molar-refractivity contribution in [3.8, 4) is 0 Å². The van der Waals surface area contributed by atoms with Crippen molar-refractivity contribution in [3.63, 3.8) is 0 Å². The Kier molecular flexibility index (Phi) is 4.43. The number of hydrogen-bond donors (Lipinski definition) is 2. The maximum Gasteiger partial charge on any atom is 0.221 e. The SMILES string of the molecule is CC(C)NC(=O)CCN1CCC(N)c2ccccc21. The van der Waals surface area contributed by atoms with Gasteiger partial charge in [0.2, 0.25) is 5.91 Å². The molecular weight excluding hydrogens is 238 g/mol. The highest BCUT2D eigenvalue weighted by atomic mass is 16.1. The fraction of sp³-hybridized carbons (Fsp3) is 0.533. The zero-order valence-corrected chi connectivity index (χ0v) is 11.7. The Balaban J connectivity index is 1.99. The number of carbonyl (C=O) groups is 1. The minimum absolute atomic E-state index is 0.113. The van der Waals surface area contributed by atoms with Crippen molar-refractivity contribution < 1.29 is 4.79 Å². The molecule has 1 aromatic rings. The summed E-state index contributed by atoms with van der Waals surface area (Å²) in [5, 5.41) is 2.92. The zero-order valence-electron chi connectivity index (χ0n) is 11.7. The summed E-state index contributed by atoms with van der Waals surface area (Å²) in [6.07, 6.45) is 1.48. The predicted octanol–water partition coefficient (Wildman–Crippen LogP) is 1.81. The van der Waals surface area contributed by atoms with Crippen LogP contribution in [-0.2, 0) is 4.79 Å². The van der Waals surface area contributed by atoms with Gasteiger partial charge < -0.3 is 16.0 Å². The van der Waals surface area contributed by atoms with Gasteiger partial charge in [-0.05, 0) is 31.9 Å². The Morgan fingerprint density at radius 2 is 2.21 bits per heavy atom. The van der Waals surface area contributed by atoms with Gasteiger partial charge in [0, 0.05) is 37.3 Å². The number of nitrogens with one attached hydrogen (secondary N) is 1. The molecule has 1 aliphatic heterocycles. The standard InChI is InChI=1S/C15H23N3O/c1-11(2)17-15(19)8-10-18-9-7-13(16)12-5-3-4-6-14(12)18/h3-6,11,13H,7-10,16H2,1-2H3,(H,17,19). The number of amides is 1. The van der Waals surface area contributed by atoms with Gasteiger partial charge in [0.15, 0.2) is 0 Å². The summed E-state index contributed by atoms with van der Waals surface area (Å²) in [5.74, 6) is 0.113. The van der Waals surface area contributed by atoms with Gasteiger partial charge in [0.1, 0.15) is 0 Å². The summed E-state index contributed by atoms with van der Waals surface area (Å²) >= 11 is 0. The first-order valence-electron chi connectivity index (χ1n) is 6.96. The summed E-state index contributed by atoms with van der Waals surface area (Å²) in [6.45, 7) is 5.63. The lowest BCUT2D eigenvalue weighted by atomic mass is 9.97. The maximum atomic E-state index is 11.7. The largest absolute Gasteiger partial charge is 0.371 e. The molecule has 4 heteroatoms. The molecule has 2 rings (SSSR count). The molecule has 1 amide bonds. The van der Waals surface area contributed by atoms with Crippen LogP contribution in [0, 0.1) is 0 Å². The second kappa shape index (κ2) is 6.06. The number of benzene rings is 1. The molecule has 1 atom stereocenters. The lowest BCUT2D eigenvalue weighted by molar-refractivity contribution is -0.121. The molecule has 1 heterocycles. The highest BCUT2D eigenvalue weighted by Gasteiger charge is 2.22. The Labute approximate surface area is 115 Å². The molecule has 0 aliphatic carbocycles. The van der Waals surface area contributed by atoms with Crippen LogP contribution in [-0.4, -0.2) is 25.0 Å². The Morgan fingerprint density at radius 1 is 1.47 bits per heavy atom. The highest BCUT2D eigenvalue weighted by Crippen LogP contribution is 2.31. The van der Waals surface area contributed by atoms with Crippen LogP contribution in [0.3, 0.4) is 0 Å². The van der Waals surface area contributed by atoms with Crippen molar-refractivity contribution in [2.75, 3.05) is 18.0 Å². The van der Waals surface area contributed by atoms with Crippen LogP contribution < -0.4 is 16.0 Å². The van der Waals surface area contributed by atoms with Crippen LogP contribution >= 0.6 is 0 Å². The van der Waals surface area contributed by atoms with E-state index in [-0.39, 0.29) is 18.0 Å². The van der Waals surface area contributed by atoms with E-state index in [2.05, 4.69) is 22.3 Å². The van der Waals surface area contributed by atoms with Gasteiger partial charge in [-0.3, -0.25) is 4.79 Å². The first-order chi connectivity index (χ1) is 9.08. The zero-order chi connectivity index (χ0) is 13.8. The highest BCUT2D eigenvalue weighted by molar-refractivity contribution is 5.77. The van der Waals surface area contributed by atoms with E-state index in [1.54, 1.807) is 0 Å². The van der Waals surface area contributed by atoms with Crippen LogP contribution in [0.15, 0.2) is 24.3 Å². The van der Waals surface area contributed by atoms with Crippen LogP contribution in [0.4, 0.5) is 5.69 Å². The van der Waals surface area contributed by atoms with E-state index in [1.807, 2.05) is 26.0 Å². The minimum atomic E-state index is 0.113. The lowest BCUT2D eigenvalue weighted by Crippen LogP contribution is -2.37. The number of fused-ring (bicyclic) bond motifs is 1. The third-order valence-corrected chi connectivity index (χ3v) is 3.45. The second-order valence-electron chi connectivity index (χ2n) is 5.41. The molecule has 1 unspecified atom stereocenters. The molecule has 1 aromatic carbocycles. The number of nitrogens with zero attached hydrogens (tertiary/aromatic N) is 1. The lowest BCUT2D eigenvalue weighted by Gasteiger charge is -2.34. The molecule has 0 spiro atoms. The molecule has 0 saturated heterocycles. The topological polar surface area (TPSA) is 58.4 Å². The van der Waals surface area contributed by atoms with Gasteiger partial charge in [0.05, 0.1) is 0 Å². The van der Waals surface area contributed by atoms with Gasteiger partial charge in [-0.2, -0.15) is 0 Å². The van der Waals surface area contributed by atoms with E-state index in [0.29, 0.717) is 6.42 Å². The average molecular weight is 261 g/mol. The third kappa shape index (κ3) is 3.47. The quantitative estimate of drug-likeness (QED) is 0.869. The normalized spacial score (nSPS) is 18.3. The van der Waals surface area contributed by atoms with Gasteiger partial charge >= 0.3 is 0 Å². The molecule has 4 nitrogen and oxygen atoms in total.